The van der Waals surface area contributed by atoms with Gasteiger partial charge in [0.1, 0.15) is 11.5 Å². The van der Waals surface area contributed by atoms with Crippen molar-refractivity contribution in [2.24, 2.45) is 5.41 Å². The van der Waals surface area contributed by atoms with Gasteiger partial charge in [0.2, 0.25) is 0 Å². The molecule has 4 heteroatoms. The third-order valence-corrected chi connectivity index (χ3v) is 5.07. The number of nitrogens with one attached hydrogen (secondary N) is 1. The Morgan fingerprint density at radius 3 is 2.00 bits per heavy atom. The molecule has 0 aromatic heterocycles. The summed E-state index contributed by atoms with van der Waals surface area (Å²) >= 11 is 0. The molecule has 0 amide bonds. The molecule has 0 unspecified atom stereocenters. The maximum Gasteiger partial charge on any atom is 0.152 e. The van der Waals surface area contributed by atoms with Gasteiger partial charge in [-0.05, 0) is 43.9 Å². The Bertz CT molecular complexity index is 461. The molecule has 1 spiro atoms. The number of rotatable bonds is 2. The Morgan fingerprint density at radius 1 is 0.900 bits per heavy atom. The molecule has 0 heterocycles. The van der Waals surface area contributed by atoms with E-state index in [0.29, 0.717) is 5.41 Å². The summed E-state index contributed by atoms with van der Waals surface area (Å²) in [5, 5.41) is 2.93. The van der Waals surface area contributed by atoms with Crippen molar-refractivity contribution in [3.63, 3.8) is 0 Å². The van der Waals surface area contributed by atoms with Gasteiger partial charge in [-0.2, -0.15) is 0 Å². The molecule has 110 valence electrons. The molecule has 1 N–H and O–H groups in total. The van der Waals surface area contributed by atoms with E-state index in [2.05, 4.69) is 5.32 Å². The van der Waals surface area contributed by atoms with Gasteiger partial charge in [0, 0.05) is 18.2 Å². The van der Waals surface area contributed by atoms with E-state index in [1.807, 2.05) is 0 Å². The molecule has 2 aliphatic rings. The van der Waals surface area contributed by atoms with Crippen LogP contribution in [0, 0.1) is 22.9 Å². The first-order valence-corrected chi connectivity index (χ1v) is 7.49. The smallest absolute Gasteiger partial charge is 0.152 e. The van der Waals surface area contributed by atoms with Crippen molar-refractivity contribution in [2.75, 3.05) is 5.32 Å². The topological polar surface area (TPSA) is 12.0 Å². The lowest BCUT2D eigenvalue weighted by atomic mass is 9.71. The van der Waals surface area contributed by atoms with E-state index in [0.717, 1.165) is 37.8 Å². The predicted molar refractivity (Wildman–Crippen MR) is 73.1 cm³/mol. The monoisotopic (exact) mass is 283 g/mol. The fraction of sp³-hybridized carbons (Fsp3) is 0.625. The van der Waals surface area contributed by atoms with Crippen molar-refractivity contribution in [3.05, 3.63) is 29.6 Å². The Kier molecular flexibility index (Phi) is 3.65. The van der Waals surface area contributed by atoms with Gasteiger partial charge in [-0.1, -0.05) is 12.8 Å². The van der Waals surface area contributed by atoms with Gasteiger partial charge in [0.25, 0.3) is 0 Å². The van der Waals surface area contributed by atoms with E-state index in [1.54, 1.807) is 0 Å². The predicted octanol–water partition coefficient (Wildman–Crippen LogP) is 5.02. The van der Waals surface area contributed by atoms with Gasteiger partial charge in [-0.3, -0.25) is 0 Å². The van der Waals surface area contributed by atoms with E-state index in [4.69, 9.17) is 0 Å². The molecule has 2 saturated carbocycles. The third-order valence-electron chi connectivity index (χ3n) is 5.07. The van der Waals surface area contributed by atoms with Crippen LogP contribution in [0.15, 0.2) is 12.1 Å². The minimum Gasteiger partial charge on any atom is -0.378 e. The van der Waals surface area contributed by atoms with Gasteiger partial charge in [0.15, 0.2) is 11.6 Å². The van der Waals surface area contributed by atoms with Crippen LogP contribution in [0.2, 0.25) is 0 Å². The van der Waals surface area contributed by atoms with Crippen molar-refractivity contribution in [2.45, 2.75) is 57.4 Å². The first-order chi connectivity index (χ1) is 9.58. The van der Waals surface area contributed by atoms with Crippen molar-refractivity contribution < 1.29 is 13.2 Å². The zero-order valence-electron chi connectivity index (χ0n) is 11.5. The first kappa shape index (κ1) is 13.8. The highest BCUT2D eigenvalue weighted by atomic mass is 19.1. The van der Waals surface area contributed by atoms with Gasteiger partial charge in [0.05, 0.1) is 0 Å². The second kappa shape index (κ2) is 5.30. The maximum atomic E-state index is 13.6. The van der Waals surface area contributed by atoms with E-state index >= 15 is 0 Å². The van der Waals surface area contributed by atoms with Crippen LogP contribution in [0.4, 0.5) is 18.9 Å². The highest BCUT2D eigenvalue weighted by molar-refractivity contribution is 5.47. The molecule has 0 bridgehead atoms. The summed E-state index contributed by atoms with van der Waals surface area (Å²) in [5.41, 5.74) is 0.316. The quantitative estimate of drug-likeness (QED) is 0.803. The second-order valence-electron chi connectivity index (χ2n) is 6.37. The van der Waals surface area contributed by atoms with Crippen molar-refractivity contribution >= 4 is 5.69 Å². The molecule has 0 atom stereocenters. The summed E-state index contributed by atoms with van der Waals surface area (Å²) in [6.45, 7) is 0. The Balaban J connectivity index is 1.65. The summed E-state index contributed by atoms with van der Waals surface area (Å²) in [6, 6.07) is 1.55. The first-order valence-electron chi connectivity index (χ1n) is 7.49. The lowest BCUT2D eigenvalue weighted by Crippen LogP contribution is -2.32. The summed E-state index contributed by atoms with van der Waals surface area (Å²) in [6.07, 6.45) is 9.40. The third kappa shape index (κ3) is 2.65. The molecular formula is C16H20F3N. The molecule has 3 rings (SSSR count). The van der Waals surface area contributed by atoms with E-state index in [9.17, 15) is 13.2 Å². The fourth-order valence-corrected chi connectivity index (χ4v) is 3.88. The van der Waals surface area contributed by atoms with Gasteiger partial charge < -0.3 is 5.32 Å². The molecule has 20 heavy (non-hydrogen) atoms. The Morgan fingerprint density at radius 2 is 1.45 bits per heavy atom. The van der Waals surface area contributed by atoms with Crippen molar-refractivity contribution in [3.8, 4) is 0 Å². The SMILES string of the molecule is Fc1cc(F)c(NC2CCC3(CCCC3)CC2)c(F)c1. The average Bonchev–Trinajstić information content (AvgIpc) is 2.85. The molecule has 1 aromatic rings. The molecular weight excluding hydrogens is 263 g/mol. The van der Waals surface area contributed by atoms with Gasteiger partial charge in [-0.25, -0.2) is 13.2 Å². The molecule has 0 saturated heterocycles. The van der Waals surface area contributed by atoms with Crippen LogP contribution < -0.4 is 5.32 Å². The lowest BCUT2D eigenvalue weighted by Gasteiger charge is -2.37. The Hall–Kier alpha value is -1.19. The maximum absolute atomic E-state index is 13.6. The van der Waals surface area contributed by atoms with Crippen LogP contribution in [0.3, 0.4) is 0 Å². The number of hydrogen-bond donors (Lipinski definition) is 1. The summed E-state index contributed by atoms with van der Waals surface area (Å²) < 4.78 is 40.1. The average molecular weight is 283 g/mol. The standard InChI is InChI=1S/C16H20F3N/c17-11-9-13(18)15(14(19)10-11)20-12-3-7-16(8-4-12)5-1-2-6-16/h9-10,12,20H,1-8H2. The number of halogens is 3. The van der Waals surface area contributed by atoms with Gasteiger partial charge >= 0.3 is 0 Å². The van der Waals surface area contributed by atoms with Crippen LogP contribution in [-0.4, -0.2) is 6.04 Å². The van der Waals surface area contributed by atoms with Crippen molar-refractivity contribution in [1.29, 1.82) is 0 Å². The van der Waals surface area contributed by atoms with Crippen LogP contribution in [0.1, 0.15) is 51.4 Å². The highest BCUT2D eigenvalue weighted by Gasteiger charge is 2.37. The molecule has 1 aromatic carbocycles. The summed E-state index contributed by atoms with van der Waals surface area (Å²) in [5.74, 6) is -2.56. The molecule has 2 fully saturated rings. The number of anilines is 1. The number of hydrogen-bond acceptors (Lipinski definition) is 1. The fourth-order valence-electron chi connectivity index (χ4n) is 3.88. The highest BCUT2D eigenvalue weighted by Crippen LogP contribution is 2.49. The largest absolute Gasteiger partial charge is 0.378 e. The minimum atomic E-state index is -0.876. The van der Waals surface area contributed by atoms with Crippen LogP contribution in [-0.2, 0) is 0 Å². The van der Waals surface area contributed by atoms with Crippen LogP contribution in [0.5, 0.6) is 0 Å². The second-order valence-corrected chi connectivity index (χ2v) is 6.37. The van der Waals surface area contributed by atoms with Gasteiger partial charge in [-0.15, -0.1) is 0 Å². The zero-order chi connectivity index (χ0) is 14.2. The summed E-state index contributed by atoms with van der Waals surface area (Å²) in [7, 11) is 0. The molecule has 1 nitrogen and oxygen atoms in total. The van der Waals surface area contributed by atoms with Crippen LogP contribution >= 0.6 is 0 Å². The zero-order valence-corrected chi connectivity index (χ0v) is 11.5. The molecule has 0 aliphatic heterocycles. The summed E-state index contributed by atoms with van der Waals surface area (Å²) in [4.78, 5) is 0. The van der Waals surface area contributed by atoms with Crippen molar-refractivity contribution in [1.82, 2.24) is 0 Å². The van der Waals surface area contributed by atoms with E-state index < -0.39 is 17.5 Å². The molecule has 2 aliphatic carbocycles. The Labute approximate surface area is 117 Å². The van der Waals surface area contributed by atoms with Crippen LogP contribution in [0.25, 0.3) is 0 Å². The number of benzene rings is 1. The normalized spacial score (nSPS) is 22.4. The lowest BCUT2D eigenvalue weighted by molar-refractivity contribution is 0.187. The van der Waals surface area contributed by atoms with E-state index in [-0.39, 0.29) is 11.7 Å². The van der Waals surface area contributed by atoms with E-state index in [1.165, 1.54) is 25.7 Å². The molecule has 0 radical (unpaired) electrons. The minimum absolute atomic E-state index is 0.0932.